The fraction of sp³-hybridized carbons (Fsp3) is 0.333. The van der Waals surface area contributed by atoms with E-state index in [1.807, 2.05) is 30.2 Å². The molecule has 140 valence electrons. The first kappa shape index (κ1) is 17.5. The number of anilines is 3. The van der Waals surface area contributed by atoms with Crippen molar-refractivity contribution < 1.29 is 4.79 Å². The Hall–Kier alpha value is -2.94. The third kappa shape index (κ3) is 3.77. The maximum atomic E-state index is 11.9. The number of carbonyl (C=O) groups excluding carboxylic acids is 1. The monoisotopic (exact) mass is 383 g/mol. The maximum Gasteiger partial charge on any atom is 0.246 e. The highest BCUT2D eigenvalue weighted by Crippen LogP contribution is 2.26. The van der Waals surface area contributed by atoms with Crippen LogP contribution in [0.5, 0.6) is 0 Å². The van der Waals surface area contributed by atoms with Crippen LogP contribution in [0.1, 0.15) is 18.5 Å². The summed E-state index contributed by atoms with van der Waals surface area (Å²) in [5.74, 6) is 1.23. The molecule has 0 aliphatic carbocycles. The lowest BCUT2D eigenvalue weighted by Crippen LogP contribution is -2.44. The highest BCUT2D eigenvalue weighted by molar-refractivity contribution is 7.10. The van der Waals surface area contributed by atoms with Crippen molar-refractivity contribution in [1.29, 1.82) is 0 Å². The van der Waals surface area contributed by atoms with Gasteiger partial charge in [0.1, 0.15) is 16.5 Å². The molecule has 0 bridgehead atoms. The zero-order valence-electron chi connectivity index (χ0n) is 15.0. The molecule has 3 aromatic rings. The van der Waals surface area contributed by atoms with Crippen LogP contribution in [0.4, 0.5) is 16.8 Å². The fourth-order valence-corrected chi connectivity index (χ4v) is 3.91. The molecule has 3 aromatic heterocycles. The molecular formula is C18H21N7OS. The average Bonchev–Trinajstić information content (AvgIpc) is 3.30. The number of amides is 1. The molecule has 4 heterocycles. The van der Waals surface area contributed by atoms with Crippen molar-refractivity contribution in [3.63, 3.8) is 0 Å². The standard InChI is InChI=1S/C18H21N7OS/c1-3-15(26)25-8-4-5-12(10-25)20-17-13-6-7-19-16(13)22-18(23-17)21-14-9-11(2)24-27-14/h3,6-7,9,12H,1,4-5,8,10H2,2H3,(H3,19,20,21,22,23)/t12-/m1/s1. The predicted molar refractivity (Wildman–Crippen MR) is 107 cm³/mol. The molecule has 9 heteroatoms. The van der Waals surface area contributed by atoms with Gasteiger partial charge in [-0.1, -0.05) is 6.58 Å². The number of rotatable bonds is 5. The Morgan fingerprint density at radius 2 is 2.37 bits per heavy atom. The minimum atomic E-state index is -0.0288. The smallest absolute Gasteiger partial charge is 0.246 e. The average molecular weight is 383 g/mol. The molecule has 1 atom stereocenters. The van der Waals surface area contributed by atoms with Gasteiger partial charge in [-0.25, -0.2) is 0 Å². The highest BCUT2D eigenvalue weighted by Gasteiger charge is 2.23. The van der Waals surface area contributed by atoms with E-state index in [1.165, 1.54) is 17.6 Å². The molecule has 1 amide bonds. The lowest BCUT2D eigenvalue weighted by Gasteiger charge is -2.32. The lowest BCUT2D eigenvalue weighted by atomic mass is 10.1. The first-order chi connectivity index (χ1) is 13.1. The second kappa shape index (κ2) is 7.36. The summed E-state index contributed by atoms with van der Waals surface area (Å²) < 4.78 is 4.27. The summed E-state index contributed by atoms with van der Waals surface area (Å²) in [5.41, 5.74) is 1.71. The van der Waals surface area contributed by atoms with Gasteiger partial charge in [0, 0.05) is 25.3 Å². The Labute approximate surface area is 160 Å². The number of aryl methyl sites for hydroxylation is 1. The second-order valence-electron chi connectivity index (χ2n) is 6.57. The van der Waals surface area contributed by atoms with Gasteiger partial charge in [0.2, 0.25) is 11.9 Å². The van der Waals surface area contributed by atoms with Crippen LogP contribution in [0.25, 0.3) is 11.0 Å². The second-order valence-corrected chi connectivity index (χ2v) is 7.37. The van der Waals surface area contributed by atoms with Gasteiger partial charge in [0.15, 0.2) is 0 Å². The number of hydrogen-bond acceptors (Lipinski definition) is 7. The summed E-state index contributed by atoms with van der Waals surface area (Å²) >= 11 is 1.37. The van der Waals surface area contributed by atoms with Gasteiger partial charge in [-0.05, 0) is 49.5 Å². The number of nitrogens with zero attached hydrogens (tertiary/aromatic N) is 4. The fourth-order valence-electron chi connectivity index (χ4n) is 3.26. The van der Waals surface area contributed by atoms with Gasteiger partial charge in [-0.15, -0.1) is 0 Å². The van der Waals surface area contributed by atoms with Gasteiger partial charge in [0.05, 0.1) is 11.1 Å². The summed E-state index contributed by atoms with van der Waals surface area (Å²) in [4.78, 5) is 26.1. The topological polar surface area (TPSA) is 98.8 Å². The molecule has 0 saturated carbocycles. The van der Waals surface area contributed by atoms with Crippen LogP contribution in [-0.2, 0) is 4.79 Å². The third-order valence-corrected chi connectivity index (χ3v) is 5.32. The van der Waals surface area contributed by atoms with E-state index in [0.29, 0.717) is 12.5 Å². The Morgan fingerprint density at radius 3 is 3.15 bits per heavy atom. The molecule has 0 aromatic carbocycles. The molecule has 1 fully saturated rings. The molecule has 27 heavy (non-hydrogen) atoms. The van der Waals surface area contributed by atoms with Gasteiger partial charge in [-0.3, -0.25) is 4.79 Å². The summed E-state index contributed by atoms with van der Waals surface area (Å²) in [6.07, 6.45) is 5.15. The molecule has 4 rings (SSSR count). The van der Waals surface area contributed by atoms with Gasteiger partial charge >= 0.3 is 0 Å². The molecule has 1 aliphatic heterocycles. The van der Waals surface area contributed by atoms with E-state index < -0.39 is 0 Å². The zero-order valence-corrected chi connectivity index (χ0v) is 15.8. The number of aromatic nitrogens is 4. The molecule has 8 nitrogen and oxygen atoms in total. The van der Waals surface area contributed by atoms with Crippen molar-refractivity contribution >= 4 is 45.2 Å². The largest absolute Gasteiger partial charge is 0.365 e. The van der Waals surface area contributed by atoms with Crippen molar-refractivity contribution in [3.05, 3.63) is 36.7 Å². The Bertz CT molecular complexity index is 979. The van der Waals surface area contributed by atoms with Crippen molar-refractivity contribution in [3.8, 4) is 0 Å². The van der Waals surface area contributed by atoms with E-state index in [1.54, 1.807) is 0 Å². The third-order valence-electron chi connectivity index (χ3n) is 4.53. The van der Waals surface area contributed by atoms with E-state index in [2.05, 4.69) is 36.5 Å². The summed E-state index contributed by atoms with van der Waals surface area (Å²) in [5, 5.41) is 8.53. The molecule has 0 radical (unpaired) electrons. The quantitative estimate of drug-likeness (QED) is 0.586. The highest BCUT2D eigenvalue weighted by atomic mass is 32.1. The minimum Gasteiger partial charge on any atom is -0.365 e. The minimum absolute atomic E-state index is 0.0288. The Morgan fingerprint density at radius 1 is 1.48 bits per heavy atom. The number of piperidine rings is 1. The van der Waals surface area contributed by atoms with Crippen molar-refractivity contribution in [2.45, 2.75) is 25.8 Å². The number of hydrogen-bond donors (Lipinski definition) is 3. The van der Waals surface area contributed by atoms with E-state index in [9.17, 15) is 4.79 Å². The van der Waals surface area contributed by atoms with E-state index in [-0.39, 0.29) is 11.9 Å². The van der Waals surface area contributed by atoms with Crippen LogP contribution < -0.4 is 10.6 Å². The van der Waals surface area contributed by atoms with Gasteiger partial charge in [-0.2, -0.15) is 14.3 Å². The normalized spacial score (nSPS) is 17.1. The van der Waals surface area contributed by atoms with Gasteiger partial charge in [0.25, 0.3) is 0 Å². The van der Waals surface area contributed by atoms with Crippen molar-refractivity contribution in [1.82, 2.24) is 24.2 Å². The SMILES string of the molecule is C=CC(=O)N1CCC[C@@H](Nc2nc(Nc3cc(C)ns3)nc3[nH]ccc23)C1. The number of aromatic amines is 1. The predicted octanol–water partition coefficient (Wildman–Crippen LogP) is 3.06. The lowest BCUT2D eigenvalue weighted by molar-refractivity contribution is -0.127. The van der Waals surface area contributed by atoms with Crippen LogP contribution >= 0.6 is 11.5 Å². The zero-order chi connectivity index (χ0) is 18.8. The van der Waals surface area contributed by atoms with Crippen LogP contribution in [-0.4, -0.2) is 49.3 Å². The number of fused-ring (bicyclic) bond motifs is 1. The number of likely N-dealkylation sites (tertiary alicyclic amines) is 1. The molecule has 3 N–H and O–H groups in total. The van der Waals surface area contributed by atoms with Crippen LogP contribution in [0, 0.1) is 6.92 Å². The number of carbonyl (C=O) groups is 1. The molecular weight excluding hydrogens is 362 g/mol. The van der Waals surface area contributed by atoms with Crippen LogP contribution in [0.3, 0.4) is 0 Å². The molecule has 1 saturated heterocycles. The van der Waals surface area contributed by atoms with Gasteiger partial charge < -0.3 is 20.5 Å². The van der Waals surface area contributed by atoms with E-state index in [4.69, 9.17) is 0 Å². The van der Waals surface area contributed by atoms with E-state index >= 15 is 0 Å². The summed E-state index contributed by atoms with van der Waals surface area (Å²) in [6.45, 7) is 6.93. The Kier molecular flexibility index (Phi) is 4.76. The summed E-state index contributed by atoms with van der Waals surface area (Å²) in [6, 6.07) is 4.04. The maximum absolute atomic E-state index is 11.9. The van der Waals surface area contributed by atoms with E-state index in [0.717, 1.165) is 46.9 Å². The first-order valence-corrected chi connectivity index (χ1v) is 9.63. The summed E-state index contributed by atoms with van der Waals surface area (Å²) in [7, 11) is 0. The Balaban J connectivity index is 1.57. The number of H-pyrrole nitrogens is 1. The van der Waals surface area contributed by atoms with Crippen LogP contribution in [0.15, 0.2) is 31.0 Å². The van der Waals surface area contributed by atoms with Crippen LogP contribution in [0.2, 0.25) is 0 Å². The molecule has 0 unspecified atom stereocenters. The molecule has 1 aliphatic rings. The van der Waals surface area contributed by atoms with Crippen molar-refractivity contribution in [2.75, 3.05) is 23.7 Å². The molecule has 0 spiro atoms. The number of nitrogens with one attached hydrogen (secondary N) is 3. The first-order valence-electron chi connectivity index (χ1n) is 8.86. The van der Waals surface area contributed by atoms with Crippen molar-refractivity contribution in [2.24, 2.45) is 0 Å².